The average Bonchev–Trinajstić information content (AvgIpc) is 2.85. The minimum absolute atomic E-state index is 0.0656. The molecule has 0 spiro atoms. The molecule has 5 heteroatoms. The predicted molar refractivity (Wildman–Crippen MR) is 73.1 cm³/mol. The molecule has 0 atom stereocenters. The van der Waals surface area contributed by atoms with E-state index in [2.05, 4.69) is 12.2 Å². The van der Waals surface area contributed by atoms with Crippen molar-refractivity contribution < 1.29 is 14.3 Å². The van der Waals surface area contributed by atoms with E-state index >= 15 is 0 Å². The second kappa shape index (κ2) is 8.24. The summed E-state index contributed by atoms with van der Waals surface area (Å²) >= 11 is 1.53. The molecular weight excluding hydrogens is 250 g/mol. The molecule has 0 radical (unpaired) electrons. The van der Waals surface area contributed by atoms with Crippen LogP contribution in [-0.2, 0) is 15.9 Å². The second-order valence-electron chi connectivity index (χ2n) is 3.67. The molecule has 0 saturated heterocycles. The third-order valence-corrected chi connectivity index (χ3v) is 3.60. The van der Waals surface area contributed by atoms with E-state index in [9.17, 15) is 4.79 Å². The molecule has 1 rings (SSSR count). The van der Waals surface area contributed by atoms with Gasteiger partial charge in [0.2, 0.25) is 0 Å². The second-order valence-corrected chi connectivity index (χ2v) is 4.84. The van der Waals surface area contributed by atoms with Gasteiger partial charge in [-0.15, -0.1) is 11.3 Å². The maximum Gasteiger partial charge on any atom is 0.261 e. The van der Waals surface area contributed by atoms with Gasteiger partial charge in [-0.3, -0.25) is 4.79 Å². The van der Waals surface area contributed by atoms with Crippen LogP contribution in [0.25, 0.3) is 0 Å². The van der Waals surface area contributed by atoms with Crippen molar-refractivity contribution in [3.05, 3.63) is 21.9 Å². The van der Waals surface area contributed by atoms with Crippen LogP contribution in [0.3, 0.4) is 0 Å². The number of carbonyl (C=O) groups is 1. The number of amides is 1. The Morgan fingerprint density at radius 3 is 2.44 bits per heavy atom. The Labute approximate surface area is 112 Å². The monoisotopic (exact) mass is 271 g/mol. The Morgan fingerprint density at radius 2 is 1.94 bits per heavy atom. The third kappa shape index (κ3) is 4.76. The normalized spacial score (nSPS) is 10.9. The van der Waals surface area contributed by atoms with Crippen molar-refractivity contribution in [1.29, 1.82) is 0 Å². The van der Waals surface area contributed by atoms with Gasteiger partial charge in [-0.05, 0) is 32.4 Å². The Kier molecular flexibility index (Phi) is 6.93. The molecule has 4 nitrogen and oxygen atoms in total. The van der Waals surface area contributed by atoms with Crippen LogP contribution in [-0.4, -0.2) is 32.0 Å². The molecule has 18 heavy (non-hydrogen) atoms. The van der Waals surface area contributed by atoms with Crippen molar-refractivity contribution in [3.63, 3.8) is 0 Å². The molecule has 102 valence electrons. The lowest BCUT2D eigenvalue weighted by molar-refractivity contribution is -0.131. The average molecular weight is 271 g/mol. The van der Waals surface area contributed by atoms with Crippen molar-refractivity contribution in [1.82, 2.24) is 5.32 Å². The summed E-state index contributed by atoms with van der Waals surface area (Å²) in [6.45, 7) is 7.40. The number of hydrogen-bond acceptors (Lipinski definition) is 4. The third-order valence-electron chi connectivity index (χ3n) is 2.37. The topological polar surface area (TPSA) is 47.6 Å². The van der Waals surface area contributed by atoms with E-state index in [0.717, 1.165) is 11.3 Å². The lowest BCUT2D eigenvalue weighted by atomic mass is 10.3. The van der Waals surface area contributed by atoms with Crippen LogP contribution in [0.2, 0.25) is 0 Å². The Morgan fingerprint density at radius 1 is 1.28 bits per heavy atom. The molecule has 1 aromatic rings. The summed E-state index contributed by atoms with van der Waals surface area (Å²) in [7, 11) is 0. The molecule has 0 aliphatic heterocycles. The first-order valence-electron chi connectivity index (χ1n) is 6.31. The van der Waals surface area contributed by atoms with E-state index in [1.54, 1.807) is 0 Å². The Balaban J connectivity index is 2.43. The zero-order chi connectivity index (χ0) is 13.4. The summed E-state index contributed by atoms with van der Waals surface area (Å²) in [6, 6.07) is 3.84. The lowest BCUT2D eigenvalue weighted by Gasteiger charge is -2.17. The first-order valence-corrected chi connectivity index (χ1v) is 7.12. The van der Waals surface area contributed by atoms with Gasteiger partial charge in [-0.25, -0.2) is 0 Å². The van der Waals surface area contributed by atoms with Gasteiger partial charge in [-0.1, -0.05) is 6.92 Å². The highest BCUT2D eigenvalue weighted by atomic mass is 32.1. The number of carbonyl (C=O) groups excluding carboxylic acids is 1. The maximum atomic E-state index is 11.9. The lowest BCUT2D eigenvalue weighted by Crippen LogP contribution is -2.35. The van der Waals surface area contributed by atoms with Crippen LogP contribution in [0.4, 0.5) is 0 Å². The van der Waals surface area contributed by atoms with Gasteiger partial charge >= 0.3 is 0 Å². The van der Waals surface area contributed by atoms with Crippen LogP contribution in [0.5, 0.6) is 0 Å². The van der Waals surface area contributed by atoms with E-state index < -0.39 is 0 Å². The number of rotatable bonds is 8. The molecule has 0 aromatic carbocycles. The highest BCUT2D eigenvalue weighted by molar-refractivity contribution is 7.14. The van der Waals surface area contributed by atoms with Gasteiger partial charge in [0.25, 0.3) is 5.91 Å². The fourth-order valence-electron chi connectivity index (χ4n) is 1.49. The fraction of sp³-hybridized carbons (Fsp3) is 0.615. The summed E-state index contributed by atoms with van der Waals surface area (Å²) < 4.78 is 10.7. The van der Waals surface area contributed by atoms with Crippen molar-refractivity contribution in [2.75, 3.05) is 19.8 Å². The van der Waals surface area contributed by atoms with Crippen LogP contribution in [0.15, 0.2) is 12.1 Å². The zero-order valence-corrected chi connectivity index (χ0v) is 12.0. The van der Waals surface area contributed by atoms with Gasteiger partial charge in [0.1, 0.15) is 0 Å². The zero-order valence-electron chi connectivity index (χ0n) is 11.2. The van der Waals surface area contributed by atoms with Crippen LogP contribution >= 0.6 is 11.3 Å². The van der Waals surface area contributed by atoms with Gasteiger partial charge < -0.3 is 14.8 Å². The Hall–Kier alpha value is -0.910. The summed E-state index contributed by atoms with van der Waals surface area (Å²) in [4.78, 5) is 13.8. The van der Waals surface area contributed by atoms with Crippen molar-refractivity contribution in [2.24, 2.45) is 0 Å². The molecule has 0 saturated carbocycles. The summed E-state index contributed by atoms with van der Waals surface area (Å²) in [6.07, 6.45) is 0.591. The fourth-order valence-corrected chi connectivity index (χ4v) is 2.35. The predicted octanol–water partition coefficient (Wildman–Crippen LogP) is 2.44. The molecule has 0 bridgehead atoms. The SMILES string of the molecule is CCOC(CNC(=O)c1ccc(CC)s1)OCC. The highest BCUT2D eigenvalue weighted by Crippen LogP contribution is 2.16. The number of nitrogens with one attached hydrogen (secondary N) is 1. The van der Waals surface area contributed by atoms with Gasteiger partial charge in [0, 0.05) is 18.1 Å². The minimum Gasteiger partial charge on any atom is -0.351 e. The van der Waals surface area contributed by atoms with Crippen LogP contribution in [0.1, 0.15) is 35.3 Å². The van der Waals surface area contributed by atoms with Crippen molar-refractivity contribution >= 4 is 17.2 Å². The number of ether oxygens (including phenoxy) is 2. The quantitative estimate of drug-likeness (QED) is 0.739. The van der Waals surface area contributed by atoms with Crippen molar-refractivity contribution in [2.45, 2.75) is 33.5 Å². The first-order chi connectivity index (χ1) is 8.71. The molecule has 0 aliphatic carbocycles. The smallest absolute Gasteiger partial charge is 0.261 e. The van der Waals surface area contributed by atoms with Crippen LogP contribution in [0, 0.1) is 0 Å². The minimum atomic E-state index is -0.366. The number of thiophene rings is 1. The summed E-state index contributed by atoms with van der Waals surface area (Å²) in [5, 5.41) is 2.83. The van der Waals surface area contributed by atoms with Crippen molar-refractivity contribution in [3.8, 4) is 0 Å². The molecule has 1 aromatic heterocycles. The standard InChI is InChI=1S/C13H21NO3S/c1-4-10-7-8-11(18-10)13(15)14-9-12(16-5-2)17-6-3/h7-8,12H,4-6,9H2,1-3H3,(H,14,15). The molecule has 0 fully saturated rings. The van der Waals surface area contributed by atoms with Gasteiger partial charge in [-0.2, -0.15) is 0 Å². The van der Waals surface area contributed by atoms with Gasteiger partial charge in [0.15, 0.2) is 6.29 Å². The molecule has 0 aliphatic rings. The van der Waals surface area contributed by atoms with E-state index in [1.165, 1.54) is 16.2 Å². The number of aryl methyl sites for hydroxylation is 1. The van der Waals surface area contributed by atoms with E-state index in [4.69, 9.17) is 9.47 Å². The number of hydrogen-bond donors (Lipinski definition) is 1. The largest absolute Gasteiger partial charge is 0.351 e. The molecular formula is C13H21NO3S. The maximum absolute atomic E-state index is 11.9. The molecule has 1 heterocycles. The van der Waals surface area contributed by atoms with E-state index in [-0.39, 0.29) is 12.2 Å². The summed E-state index contributed by atoms with van der Waals surface area (Å²) in [5.41, 5.74) is 0. The van der Waals surface area contributed by atoms with Crippen LogP contribution < -0.4 is 5.32 Å². The molecule has 0 unspecified atom stereocenters. The Bertz CT molecular complexity index is 359. The van der Waals surface area contributed by atoms with Gasteiger partial charge in [0.05, 0.1) is 11.4 Å². The summed E-state index contributed by atoms with van der Waals surface area (Å²) in [5.74, 6) is -0.0656. The highest BCUT2D eigenvalue weighted by Gasteiger charge is 2.12. The molecule has 1 N–H and O–H groups in total. The van der Waals surface area contributed by atoms with E-state index in [1.807, 2.05) is 26.0 Å². The van der Waals surface area contributed by atoms with E-state index in [0.29, 0.717) is 19.8 Å². The first kappa shape index (κ1) is 15.1. The molecule has 1 amide bonds.